The monoisotopic (exact) mass is 331 g/mol. The van der Waals surface area contributed by atoms with Gasteiger partial charge >= 0.3 is 0 Å². The zero-order chi connectivity index (χ0) is 15.5. The predicted molar refractivity (Wildman–Crippen MR) is 80.8 cm³/mol. The predicted octanol–water partition coefficient (Wildman–Crippen LogP) is 1.28. The third kappa shape index (κ3) is 3.93. The number of nitrogens with one attached hydrogen (secondary N) is 1. The van der Waals surface area contributed by atoms with Gasteiger partial charge in [-0.1, -0.05) is 11.6 Å². The second-order valence-corrected chi connectivity index (χ2v) is 7.57. The smallest absolute Gasteiger partial charge is 0.254 e. The van der Waals surface area contributed by atoms with Gasteiger partial charge in [0, 0.05) is 31.5 Å². The van der Waals surface area contributed by atoms with Crippen molar-refractivity contribution in [3.05, 3.63) is 29.0 Å². The van der Waals surface area contributed by atoms with Crippen LogP contribution in [0.4, 0.5) is 0 Å². The highest BCUT2D eigenvalue weighted by atomic mass is 35.5. The Morgan fingerprint density at radius 2 is 2.14 bits per heavy atom. The lowest BCUT2D eigenvalue weighted by molar-refractivity contribution is 0.0923. The average Bonchev–Trinajstić information content (AvgIpc) is 2.48. The Balaban J connectivity index is 1.92. The molecule has 0 atom stereocenters. The van der Waals surface area contributed by atoms with Crippen molar-refractivity contribution in [1.82, 2.24) is 14.6 Å². The van der Waals surface area contributed by atoms with Crippen LogP contribution in [0.5, 0.6) is 0 Å². The minimum atomic E-state index is -3.14. The molecule has 1 aromatic heterocycles. The lowest BCUT2D eigenvalue weighted by atomic mass is 10.1. The Hall–Kier alpha value is -1.18. The summed E-state index contributed by atoms with van der Waals surface area (Å²) < 4.78 is 25.0. The molecule has 0 unspecified atom stereocenters. The van der Waals surface area contributed by atoms with E-state index in [1.165, 1.54) is 16.7 Å². The normalized spacial score (nSPS) is 17.6. The number of halogens is 1. The molecule has 1 N–H and O–H groups in total. The van der Waals surface area contributed by atoms with Crippen LogP contribution in [0.1, 0.15) is 30.1 Å². The molecule has 0 radical (unpaired) electrons. The lowest BCUT2D eigenvalue weighted by Gasteiger charge is -2.31. The number of hydrogen-bond acceptors (Lipinski definition) is 4. The van der Waals surface area contributed by atoms with Crippen molar-refractivity contribution in [1.29, 1.82) is 0 Å². The van der Waals surface area contributed by atoms with Gasteiger partial charge in [0.1, 0.15) is 0 Å². The lowest BCUT2D eigenvalue weighted by Crippen LogP contribution is -2.46. The standard InChI is InChI=1S/C13H18ClN3O3S/c1-2-21(19,20)17-7-4-10(5-8-17)16-13(18)11-9-15-6-3-12(11)14/h3,6,9-10H,2,4-5,7-8H2,1H3,(H,16,18). The SMILES string of the molecule is CCS(=O)(=O)N1CCC(NC(=O)c2cnccc2Cl)CC1. The molecule has 1 aliphatic rings. The van der Waals surface area contributed by atoms with Gasteiger partial charge < -0.3 is 5.32 Å². The Morgan fingerprint density at radius 3 is 2.71 bits per heavy atom. The molecule has 0 spiro atoms. The highest BCUT2D eigenvalue weighted by Gasteiger charge is 2.27. The second-order valence-electron chi connectivity index (χ2n) is 4.90. The first-order valence-corrected chi connectivity index (χ1v) is 8.81. The fourth-order valence-electron chi connectivity index (χ4n) is 2.27. The summed E-state index contributed by atoms with van der Waals surface area (Å²) in [4.78, 5) is 16.0. The van der Waals surface area contributed by atoms with Gasteiger partial charge in [-0.3, -0.25) is 9.78 Å². The molecule has 0 aliphatic carbocycles. The van der Waals surface area contributed by atoms with E-state index in [9.17, 15) is 13.2 Å². The largest absolute Gasteiger partial charge is 0.349 e. The molecule has 1 fully saturated rings. The number of carbonyl (C=O) groups is 1. The maximum Gasteiger partial charge on any atom is 0.254 e. The number of amides is 1. The summed E-state index contributed by atoms with van der Waals surface area (Å²) in [5, 5.41) is 3.24. The van der Waals surface area contributed by atoms with Gasteiger partial charge in [-0.25, -0.2) is 12.7 Å². The van der Waals surface area contributed by atoms with Crippen molar-refractivity contribution in [2.24, 2.45) is 0 Å². The number of hydrogen-bond donors (Lipinski definition) is 1. The zero-order valence-corrected chi connectivity index (χ0v) is 13.3. The van der Waals surface area contributed by atoms with E-state index in [2.05, 4.69) is 10.3 Å². The van der Waals surface area contributed by atoms with E-state index in [0.717, 1.165) is 0 Å². The number of rotatable bonds is 4. The molecule has 0 aromatic carbocycles. The van der Waals surface area contributed by atoms with Gasteiger partial charge in [-0.15, -0.1) is 0 Å². The molecule has 1 aliphatic heterocycles. The summed E-state index contributed by atoms with van der Waals surface area (Å²) in [5.74, 6) is -0.167. The Bertz CT molecular complexity index is 613. The van der Waals surface area contributed by atoms with Gasteiger partial charge in [0.2, 0.25) is 10.0 Å². The molecular weight excluding hydrogens is 314 g/mol. The molecule has 0 saturated carbocycles. The molecule has 116 valence electrons. The van der Waals surface area contributed by atoms with Crippen molar-refractivity contribution < 1.29 is 13.2 Å². The number of sulfonamides is 1. The van der Waals surface area contributed by atoms with Crippen LogP contribution in [-0.4, -0.2) is 48.5 Å². The molecule has 2 rings (SSSR count). The van der Waals surface area contributed by atoms with Crippen molar-refractivity contribution >= 4 is 27.5 Å². The molecular formula is C13H18ClN3O3S. The average molecular weight is 332 g/mol. The van der Waals surface area contributed by atoms with E-state index >= 15 is 0 Å². The first kappa shape index (κ1) is 16.2. The van der Waals surface area contributed by atoms with Crippen LogP contribution in [0, 0.1) is 0 Å². The fourth-order valence-corrected chi connectivity index (χ4v) is 3.59. The van der Waals surface area contributed by atoms with Crippen LogP contribution < -0.4 is 5.32 Å². The summed E-state index contributed by atoms with van der Waals surface area (Å²) >= 11 is 5.95. The number of nitrogens with zero attached hydrogens (tertiary/aromatic N) is 2. The summed E-state index contributed by atoms with van der Waals surface area (Å²) in [6, 6.07) is 1.52. The van der Waals surface area contributed by atoms with Crippen LogP contribution in [0.3, 0.4) is 0 Å². The van der Waals surface area contributed by atoms with Crippen LogP contribution in [0.15, 0.2) is 18.5 Å². The Labute approximate surface area is 129 Å². The third-order valence-electron chi connectivity index (χ3n) is 3.56. The topological polar surface area (TPSA) is 79.4 Å². The highest BCUT2D eigenvalue weighted by Crippen LogP contribution is 2.17. The number of pyridine rings is 1. The summed E-state index contributed by atoms with van der Waals surface area (Å²) in [5.41, 5.74) is 0.336. The molecule has 1 aromatic rings. The van der Waals surface area contributed by atoms with Gasteiger partial charge in [0.15, 0.2) is 0 Å². The second kappa shape index (κ2) is 6.72. The van der Waals surface area contributed by atoms with Crippen molar-refractivity contribution in [3.8, 4) is 0 Å². The first-order chi connectivity index (χ1) is 9.94. The van der Waals surface area contributed by atoms with E-state index in [1.54, 1.807) is 13.0 Å². The molecule has 2 heterocycles. The maximum atomic E-state index is 12.1. The maximum absolute atomic E-state index is 12.1. The molecule has 6 nitrogen and oxygen atoms in total. The van der Waals surface area contributed by atoms with Crippen molar-refractivity contribution in [3.63, 3.8) is 0 Å². The van der Waals surface area contributed by atoms with Crippen LogP contribution in [-0.2, 0) is 10.0 Å². The van der Waals surface area contributed by atoms with Crippen molar-refractivity contribution in [2.45, 2.75) is 25.8 Å². The van der Waals surface area contributed by atoms with Crippen molar-refractivity contribution in [2.75, 3.05) is 18.8 Å². The number of carbonyl (C=O) groups excluding carboxylic acids is 1. The van der Waals surface area contributed by atoms with Gasteiger partial charge in [-0.2, -0.15) is 0 Å². The summed E-state index contributed by atoms with van der Waals surface area (Å²) in [6.07, 6.45) is 4.15. The van der Waals surface area contributed by atoms with Crippen LogP contribution in [0.25, 0.3) is 0 Å². The van der Waals surface area contributed by atoms with Gasteiger partial charge in [0.25, 0.3) is 5.91 Å². The van der Waals surface area contributed by atoms with E-state index in [0.29, 0.717) is 36.5 Å². The van der Waals surface area contributed by atoms with Gasteiger partial charge in [0.05, 0.1) is 16.3 Å². The van der Waals surface area contributed by atoms with E-state index < -0.39 is 10.0 Å². The Kier molecular flexibility index (Phi) is 5.18. The summed E-state index contributed by atoms with van der Waals surface area (Å²) in [7, 11) is -3.14. The minimum Gasteiger partial charge on any atom is -0.349 e. The number of aromatic nitrogens is 1. The molecule has 1 amide bonds. The fraction of sp³-hybridized carbons (Fsp3) is 0.538. The van der Waals surface area contributed by atoms with Gasteiger partial charge in [-0.05, 0) is 25.8 Å². The van der Waals surface area contributed by atoms with Crippen LogP contribution in [0.2, 0.25) is 5.02 Å². The van der Waals surface area contributed by atoms with E-state index in [-0.39, 0.29) is 17.7 Å². The highest BCUT2D eigenvalue weighted by molar-refractivity contribution is 7.89. The zero-order valence-electron chi connectivity index (χ0n) is 11.8. The molecule has 0 bridgehead atoms. The first-order valence-electron chi connectivity index (χ1n) is 6.82. The van der Waals surface area contributed by atoms with E-state index in [4.69, 9.17) is 11.6 Å². The summed E-state index contributed by atoms with van der Waals surface area (Å²) in [6.45, 7) is 2.50. The van der Waals surface area contributed by atoms with E-state index in [1.807, 2.05) is 0 Å². The Morgan fingerprint density at radius 1 is 1.48 bits per heavy atom. The number of piperidine rings is 1. The quantitative estimate of drug-likeness (QED) is 0.901. The minimum absolute atomic E-state index is 0.0444. The van der Waals surface area contributed by atoms with Crippen LogP contribution >= 0.6 is 11.6 Å². The molecule has 8 heteroatoms. The third-order valence-corrected chi connectivity index (χ3v) is 5.77. The molecule has 21 heavy (non-hydrogen) atoms. The molecule has 1 saturated heterocycles.